The lowest BCUT2D eigenvalue weighted by Crippen LogP contribution is -2.32. The number of ether oxygens (including phenoxy) is 1. The highest BCUT2D eigenvalue weighted by atomic mass is 32.2. The number of thioether (sulfide) groups is 1. The second-order valence-corrected chi connectivity index (χ2v) is 6.34. The van der Waals surface area contributed by atoms with Crippen molar-refractivity contribution in [2.75, 3.05) is 18.9 Å². The molecule has 1 amide bonds. The molecule has 0 spiro atoms. The first-order chi connectivity index (χ1) is 11.7. The number of aromatic nitrogens is 1. The van der Waals surface area contributed by atoms with Crippen LogP contribution < -0.4 is 4.74 Å². The van der Waals surface area contributed by atoms with Gasteiger partial charge in [0, 0.05) is 18.5 Å². The lowest BCUT2D eigenvalue weighted by Gasteiger charge is -2.17. The Kier molecular flexibility index (Phi) is 5.15. The van der Waals surface area contributed by atoms with E-state index in [1.807, 2.05) is 38.1 Å². The van der Waals surface area contributed by atoms with Gasteiger partial charge in [0.2, 0.25) is 5.88 Å². The number of aryl methyl sites for hydroxylation is 1. The first-order valence-corrected chi connectivity index (χ1v) is 8.86. The molecule has 1 aromatic carbocycles. The summed E-state index contributed by atoms with van der Waals surface area (Å²) in [5.74, 6) is 1.08. The van der Waals surface area contributed by atoms with Gasteiger partial charge in [-0.15, -0.1) is 0 Å². The van der Waals surface area contributed by atoms with Gasteiger partial charge in [0.15, 0.2) is 5.17 Å². The van der Waals surface area contributed by atoms with Gasteiger partial charge in [0.25, 0.3) is 5.91 Å². The highest BCUT2D eigenvalue weighted by Crippen LogP contribution is 2.27. The zero-order chi connectivity index (χ0) is 16.9. The molecule has 1 aliphatic heterocycles. The minimum Gasteiger partial charge on any atom is -0.477 e. The van der Waals surface area contributed by atoms with E-state index >= 15 is 0 Å². The standard InChI is InChI=1S/C18H19N3O2S/c1-3-23-16-14(8-6-10-19-16)17(22)21-11-12-24-18(21)20-15-9-5-4-7-13(15)2/h4-10H,3,11-12H2,1-2H3. The third-order valence-corrected chi connectivity index (χ3v) is 4.59. The van der Waals surface area contributed by atoms with Gasteiger partial charge in [-0.3, -0.25) is 9.69 Å². The van der Waals surface area contributed by atoms with Crippen LogP contribution in [0.5, 0.6) is 5.88 Å². The van der Waals surface area contributed by atoms with Crippen molar-refractivity contribution >= 4 is 28.5 Å². The molecule has 2 aromatic rings. The Morgan fingerprint density at radius 2 is 2.17 bits per heavy atom. The fourth-order valence-corrected chi connectivity index (χ4v) is 3.37. The molecule has 124 valence electrons. The summed E-state index contributed by atoms with van der Waals surface area (Å²) >= 11 is 1.59. The van der Waals surface area contributed by atoms with Crippen molar-refractivity contribution in [3.8, 4) is 5.88 Å². The van der Waals surface area contributed by atoms with E-state index in [1.165, 1.54) is 0 Å². The van der Waals surface area contributed by atoms with Crippen LogP contribution in [-0.2, 0) is 0 Å². The summed E-state index contributed by atoms with van der Waals surface area (Å²) in [4.78, 5) is 23.5. The Hall–Kier alpha value is -2.34. The first-order valence-electron chi connectivity index (χ1n) is 7.87. The van der Waals surface area contributed by atoms with E-state index in [2.05, 4.69) is 9.98 Å². The van der Waals surface area contributed by atoms with Gasteiger partial charge in [-0.1, -0.05) is 30.0 Å². The van der Waals surface area contributed by atoms with Crippen molar-refractivity contribution in [1.82, 2.24) is 9.88 Å². The van der Waals surface area contributed by atoms with Gasteiger partial charge < -0.3 is 4.74 Å². The number of pyridine rings is 1. The molecule has 0 aliphatic carbocycles. The molecule has 0 N–H and O–H groups in total. The Balaban J connectivity index is 1.91. The number of amides is 1. The van der Waals surface area contributed by atoms with Crippen molar-refractivity contribution in [2.45, 2.75) is 13.8 Å². The molecule has 0 radical (unpaired) electrons. The number of carbonyl (C=O) groups is 1. The van der Waals surface area contributed by atoms with E-state index in [0.29, 0.717) is 24.6 Å². The smallest absolute Gasteiger partial charge is 0.265 e. The molecule has 1 fully saturated rings. The molecule has 0 atom stereocenters. The number of amidine groups is 1. The maximum atomic E-state index is 12.9. The number of hydrogen-bond acceptors (Lipinski definition) is 5. The summed E-state index contributed by atoms with van der Waals surface area (Å²) in [6, 6.07) is 11.4. The lowest BCUT2D eigenvalue weighted by atomic mass is 10.2. The number of aliphatic imine (C=N–C) groups is 1. The maximum Gasteiger partial charge on any atom is 0.265 e. The summed E-state index contributed by atoms with van der Waals surface area (Å²) in [5.41, 5.74) is 2.44. The van der Waals surface area contributed by atoms with Gasteiger partial charge in [-0.2, -0.15) is 0 Å². The van der Waals surface area contributed by atoms with Gasteiger partial charge in [-0.25, -0.2) is 9.98 Å². The number of nitrogens with zero attached hydrogens (tertiary/aromatic N) is 3. The van der Waals surface area contributed by atoms with E-state index in [-0.39, 0.29) is 5.91 Å². The predicted octanol–water partition coefficient (Wildman–Crippen LogP) is 3.67. The number of benzene rings is 1. The zero-order valence-corrected chi connectivity index (χ0v) is 14.5. The first kappa shape index (κ1) is 16.5. The quantitative estimate of drug-likeness (QED) is 0.851. The highest BCUT2D eigenvalue weighted by molar-refractivity contribution is 8.14. The van der Waals surface area contributed by atoms with E-state index in [9.17, 15) is 4.79 Å². The van der Waals surface area contributed by atoms with Crippen LogP contribution in [0.1, 0.15) is 22.8 Å². The van der Waals surface area contributed by atoms with Crippen LogP contribution >= 0.6 is 11.8 Å². The van der Waals surface area contributed by atoms with Crippen molar-refractivity contribution in [3.05, 3.63) is 53.7 Å². The third-order valence-electron chi connectivity index (χ3n) is 3.64. The molecule has 0 saturated carbocycles. The summed E-state index contributed by atoms with van der Waals surface area (Å²) in [7, 11) is 0. The Morgan fingerprint density at radius 1 is 1.33 bits per heavy atom. The van der Waals surface area contributed by atoms with Crippen molar-refractivity contribution in [3.63, 3.8) is 0 Å². The van der Waals surface area contributed by atoms with Crippen LogP contribution in [0.15, 0.2) is 47.6 Å². The molecule has 2 heterocycles. The van der Waals surface area contributed by atoms with Gasteiger partial charge in [0.1, 0.15) is 5.56 Å². The van der Waals surface area contributed by atoms with Crippen LogP contribution in [0, 0.1) is 6.92 Å². The summed E-state index contributed by atoms with van der Waals surface area (Å²) in [5, 5.41) is 0.723. The fourth-order valence-electron chi connectivity index (χ4n) is 2.43. The highest BCUT2D eigenvalue weighted by Gasteiger charge is 2.29. The number of para-hydroxylation sites is 1. The third kappa shape index (κ3) is 3.43. The van der Waals surface area contributed by atoms with Crippen molar-refractivity contribution < 1.29 is 9.53 Å². The molecular weight excluding hydrogens is 322 g/mol. The number of hydrogen-bond donors (Lipinski definition) is 0. The number of rotatable bonds is 4. The lowest BCUT2D eigenvalue weighted by molar-refractivity contribution is 0.0854. The average Bonchev–Trinajstić information content (AvgIpc) is 3.05. The molecule has 0 unspecified atom stereocenters. The van der Waals surface area contributed by atoms with Crippen molar-refractivity contribution in [1.29, 1.82) is 0 Å². The molecule has 1 aromatic heterocycles. The van der Waals surface area contributed by atoms with E-state index in [0.717, 1.165) is 22.2 Å². The molecule has 3 rings (SSSR count). The Labute approximate surface area is 145 Å². The summed E-state index contributed by atoms with van der Waals surface area (Å²) in [6.45, 7) is 4.99. The van der Waals surface area contributed by atoms with Crippen LogP contribution in [-0.4, -0.2) is 39.9 Å². The van der Waals surface area contributed by atoms with Gasteiger partial charge in [-0.05, 0) is 37.6 Å². The van der Waals surface area contributed by atoms with Crippen LogP contribution in [0.25, 0.3) is 0 Å². The largest absolute Gasteiger partial charge is 0.477 e. The van der Waals surface area contributed by atoms with E-state index in [4.69, 9.17) is 4.74 Å². The Bertz CT molecular complexity index is 776. The molecule has 24 heavy (non-hydrogen) atoms. The SMILES string of the molecule is CCOc1ncccc1C(=O)N1CCSC1=Nc1ccccc1C. The van der Waals surface area contributed by atoms with Crippen LogP contribution in [0.3, 0.4) is 0 Å². The minimum atomic E-state index is -0.121. The van der Waals surface area contributed by atoms with Gasteiger partial charge >= 0.3 is 0 Å². The topological polar surface area (TPSA) is 54.8 Å². The van der Waals surface area contributed by atoms with E-state index in [1.54, 1.807) is 35.0 Å². The zero-order valence-electron chi connectivity index (χ0n) is 13.7. The molecule has 1 aliphatic rings. The Morgan fingerprint density at radius 3 is 2.96 bits per heavy atom. The second kappa shape index (κ2) is 7.49. The normalized spacial score (nSPS) is 15.8. The molecule has 5 nitrogen and oxygen atoms in total. The van der Waals surface area contributed by atoms with Crippen LogP contribution in [0.2, 0.25) is 0 Å². The summed E-state index contributed by atoms with van der Waals surface area (Å²) < 4.78 is 5.49. The fraction of sp³-hybridized carbons (Fsp3) is 0.278. The molecule has 6 heteroatoms. The second-order valence-electron chi connectivity index (χ2n) is 5.28. The van der Waals surface area contributed by atoms with Gasteiger partial charge in [0.05, 0.1) is 12.3 Å². The number of carbonyl (C=O) groups excluding carboxylic acids is 1. The maximum absolute atomic E-state index is 12.9. The average molecular weight is 341 g/mol. The molecule has 0 bridgehead atoms. The predicted molar refractivity (Wildman–Crippen MR) is 97.2 cm³/mol. The summed E-state index contributed by atoms with van der Waals surface area (Å²) in [6.07, 6.45) is 1.63. The molecule has 1 saturated heterocycles. The monoisotopic (exact) mass is 341 g/mol. The minimum absolute atomic E-state index is 0.121. The molecular formula is C18H19N3O2S. The van der Waals surface area contributed by atoms with E-state index < -0.39 is 0 Å². The van der Waals surface area contributed by atoms with Crippen LogP contribution in [0.4, 0.5) is 5.69 Å². The van der Waals surface area contributed by atoms with Crippen molar-refractivity contribution in [2.24, 2.45) is 4.99 Å².